The van der Waals surface area contributed by atoms with Crippen LogP contribution in [-0.4, -0.2) is 29.6 Å². The SMILES string of the molecule is Cc1c(Br)cc(S(=O)(=O)NCc2ncon2)cc1C(=O)O. The number of benzene rings is 1. The Kier molecular flexibility index (Phi) is 4.40. The zero-order valence-electron chi connectivity index (χ0n) is 10.7. The molecular weight excluding hydrogens is 366 g/mol. The number of nitrogens with zero attached hydrogens (tertiary/aromatic N) is 2. The van der Waals surface area contributed by atoms with Gasteiger partial charge in [-0.3, -0.25) is 0 Å². The average molecular weight is 376 g/mol. The van der Waals surface area contributed by atoms with Crippen molar-refractivity contribution in [1.82, 2.24) is 14.9 Å². The minimum absolute atomic E-state index is 0.0932. The van der Waals surface area contributed by atoms with E-state index in [9.17, 15) is 13.2 Å². The first kappa shape index (κ1) is 15.6. The van der Waals surface area contributed by atoms with E-state index in [2.05, 4.69) is 35.3 Å². The van der Waals surface area contributed by atoms with Crippen molar-refractivity contribution in [3.8, 4) is 0 Å². The molecule has 0 aliphatic heterocycles. The fraction of sp³-hybridized carbons (Fsp3) is 0.182. The molecule has 1 aromatic heterocycles. The van der Waals surface area contributed by atoms with Gasteiger partial charge in [0.2, 0.25) is 16.4 Å². The summed E-state index contributed by atoms with van der Waals surface area (Å²) in [5, 5.41) is 12.6. The van der Waals surface area contributed by atoms with Crippen LogP contribution in [0.3, 0.4) is 0 Å². The topological polar surface area (TPSA) is 122 Å². The first-order chi connectivity index (χ1) is 9.81. The number of rotatable bonds is 5. The van der Waals surface area contributed by atoms with Crippen molar-refractivity contribution in [2.24, 2.45) is 0 Å². The third kappa shape index (κ3) is 3.46. The minimum Gasteiger partial charge on any atom is -0.478 e. The Morgan fingerprint density at radius 1 is 1.48 bits per heavy atom. The van der Waals surface area contributed by atoms with Gasteiger partial charge >= 0.3 is 5.97 Å². The second-order valence-electron chi connectivity index (χ2n) is 4.05. The summed E-state index contributed by atoms with van der Waals surface area (Å²) in [5.41, 5.74) is 0.351. The summed E-state index contributed by atoms with van der Waals surface area (Å²) in [5.74, 6) is -1.04. The first-order valence-electron chi connectivity index (χ1n) is 5.59. The number of hydrogen-bond donors (Lipinski definition) is 2. The molecule has 10 heteroatoms. The summed E-state index contributed by atoms with van der Waals surface area (Å²) in [6.45, 7) is 1.42. The Balaban J connectivity index is 2.33. The van der Waals surface area contributed by atoms with E-state index in [1.165, 1.54) is 6.07 Å². The molecule has 0 bridgehead atoms. The normalized spacial score (nSPS) is 11.5. The van der Waals surface area contributed by atoms with E-state index >= 15 is 0 Å². The van der Waals surface area contributed by atoms with Gasteiger partial charge in [-0.25, -0.2) is 17.9 Å². The molecule has 0 saturated heterocycles. The molecule has 2 aromatic rings. The largest absolute Gasteiger partial charge is 0.478 e. The maximum absolute atomic E-state index is 12.2. The number of carboxylic acids is 1. The lowest BCUT2D eigenvalue weighted by Crippen LogP contribution is -2.24. The Morgan fingerprint density at radius 3 is 2.76 bits per heavy atom. The summed E-state index contributed by atoms with van der Waals surface area (Å²) in [6.07, 6.45) is 1.08. The quantitative estimate of drug-likeness (QED) is 0.807. The van der Waals surface area contributed by atoms with Gasteiger partial charge in [-0.1, -0.05) is 21.1 Å². The second-order valence-corrected chi connectivity index (χ2v) is 6.68. The number of sulfonamides is 1. The average Bonchev–Trinajstić information content (AvgIpc) is 2.92. The van der Waals surface area contributed by atoms with Gasteiger partial charge in [0.1, 0.15) is 0 Å². The predicted octanol–water partition coefficient (Wildman–Crippen LogP) is 1.32. The highest BCUT2D eigenvalue weighted by Crippen LogP contribution is 2.25. The molecular formula is C11H10BrN3O5S. The number of hydrogen-bond acceptors (Lipinski definition) is 6. The van der Waals surface area contributed by atoms with E-state index in [1.807, 2.05) is 0 Å². The van der Waals surface area contributed by atoms with Gasteiger partial charge in [-0.2, -0.15) is 4.98 Å². The van der Waals surface area contributed by atoms with Crippen molar-refractivity contribution in [3.05, 3.63) is 40.0 Å². The first-order valence-corrected chi connectivity index (χ1v) is 7.87. The van der Waals surface area contributed by atoms with Crippen LogP contribution in [-0.2, 0) is 16.6 Å². The van der Waals surface area contributed by atoms with Gasteiger partial charge < -0.3 is 9.63 Å². The van der Waals surface area contributed by atoms with Gasteiger partial charge in [0.25, 0.3) is 0 Å². The smallest absolute Gasteiger partial charge is 0.336 e. The number of aromatic carboxylic acids is 1. The standard InChI is InChI=1S/C11H10BrN3O5S/c1-6-8(11(16)17)2-7(3-9(6)12)21(18,19)14-4-10-13-5-20-15-10/h2-3,5,14H,4H2,1H3,(H,16,17). The van der Waals surface area contributed by atoms with Crippen molar-refractivity contribution >= 4 is 31.9 Å². The van der Waals surface area contributed by atoms with E-state index in [0.717, 1.165) is 12.5 Å². The Morgan fingerprint density at radius 2 is 2.19 bits per heavy atom. The van der Waals surface area contributed by atoms with Crippen molar-refractivity contribution < 1.29 is 22.8 Å². The summed E-state index contributed by atoms with van der Waals surface area (Å²) in [7, 11) is -3.90. The molecule has 112 valence electrons. The van der Waals surface area contributed by atoms with Crippen molar-refractivity contribution in [1.29, 1.82) is 0 Å². The molecule has 0 spiro atoms. The van der Waals surface area contributed by atoms with Crippen molar-refractivity contribution in [2.45, 2.75) is 18.4 Å². The van der Waals surface area contributed by atoms with Crippen LogP contribution in [0.5, 0.6) is 0 Å². The van der Waals surface area contributed by atoms with Crippen molar-refractivity contribution in [2.75, 3.05) is 0 Å². The minimum atomic E-state index is -3.90. The van der Waals surface area contributed by atoms with Crippen LogP contribution in [0.15, 0.2) is 32.4 Å². The van der Waals surface area contributed by atoms with E-state index in [1.54, 1.807) is 6.92 Å². The molecule has 0 aliphatic carbocycles. The zero-order valence-corrected chi connectivity index (χ0v) is 13.1. The Labute approximate surface area is 128 Å². The van der Waals surface area contributed by atoms with Crippen LogP contribution in [0.4, 0.5) is 0 Å². The van der Waals surface area contributed by atoms with Gasteiger partial charge in [-0.05, 0) is 24.6 Å². The highest BCUT2D eigenvalue weighted by Gasteiger charge is 2.20. The molecule has 0 atom stereocenters. The summed E-state index contributed by atoms with van der Waals surface area (Å²) in [6, 6.07) is 2.43. The molecule has 1 aromatic carbocycles. The van der Waals surface area contributed by atoms with E-state index in [0.29, 0.717) is 10.0 Å². The van der Waals surface area contributed by atoms with Crippen LogP contribution in [0.2, 0.25) is 0 Å². The van der Waals surface area contributed by atoms with Gasteiger partial charge in [0.15, 0.2) is 5.82 Å². The fourth-order valence-corrected chi connectivity index (χ4v) is 3.19. The van der Waals surface area contributed by atoms with E-state index < -0.39 is 16.0 Å². The van der Waals surface area contributed by atoms with Crippen LogP contribution >= 0.6 is 15.9 Å². The maximum Gasteiger partial charge on any atom is 0.336 e. The van der Waals surface area contributed by atoms with Gasteiger partial charge in [-0.15, -0.1) is 0 Å². The number of nitrogens with one attached hydrogen (secondary N) is 1. The second kappa shape index (κ2) is 5.92. The third-order valence-electron chi connectivity index (χ3n) is 2.69. The van der Waals surface area contributed by atoms with Crippen LogP contribution in [0.25, 0.3) is 0 Å². The molecule has 1 heterocycles. The lowest BCUT2D eigenvalue weighted by atomic mass is 10.1. The van der Waals surface area contributed by atoms with Crippen molar-refractivity contribution in [3.63, 3.8) is 0 Å². The number of aromatic nitrogens is 2. The number of halogens is 1. The highest BCUT2D eigenvalue weighted by molar-refractivity contribution is 9.10. The lowest BCUT2D eigenvalue weighted by Gasteiger charge is -2.09. The van der Waals surface area contributed by atoms with Gasteiger partial charge in [0.05, 0.1) is 17.0 Å². The molecule has 0 fully saturated rings. The zero-order chi connectivity index (χ0) is 15.6. The van der Waals surface area contributed by atoms with E-state index in [-0.39, 0.29) is 22.8 Å². The molecule has 0 unspecified atom stereocenters. The Bertz CT molecular complexity index is 773. The number of carboxylic acid groups (broad SMARTS) is 1. The number of carbonyl (C=O) groups is 1. The highest BCUT2D eigenvalue weighted by atomic mass is 79.9. The summed E-state index contributed by atoms with van der Waals surface area (Å²) in [4.78, 5) is 14.6. The van der Waals surface area contributed by atoms with Crippen LogP contribution in [0.1, 0.15) is 21.7 Å². The molecule has 0 amide bonds. The van der Waals surface area contributed by atoms with Crippen LogP contribution in [0, 0.1) is 6.92 Å². The summed E-state index contributed by atoms with van der Waals surface area (Å²) >= 11 is 3.15. The predicted molar refractivity (Wildman–Crippen MR) is 74.2 cm³/mol. The molecule has 21 heavy (non-hydrogen) atoms. The molecule has 2 rings (SSSR count). The van der Waals surface area contributed by atoms with Gasteiger partial charge in [0, 0.05) is 4.47 Å². The maximum atomic E-state index is 12.2. The fourth-order valence-electron chi connectivity index (χ4n) is 1.54. The summed E-state index contributed by atoms with van der Waals surface area (Å²) < 4.78 is 31.5. The van der Waals surface area contributed by atoms with Crippen LogP contribution < -0.4 is 4.72 Å². The Hall–Kier alpha value is -1.78. The molecule has 2 N–H and O–H groups in total. The van der Waals surface area contributed by atoms with E-state index in [4.69, 9.17) is 5.11 Å². The lowest BCUT2D eigenvalue weighted by molar-refractivity contribution is 0.0695. The molecule has 8 nitrogen and oxygen atoms in total. The monoisotopic (exact) mass is 375 g/mol. The molecule has 0 radical (unpaired) electrons. The third-order valence-corrected chi connectivity index (χ3v) is 4.89. The molecule has 0 aliphatic rings. The molecule has 0 saturated carbocycles.